The van der Waals surface area contributed by atoms with E-state index >= 15 is 0 Å². The van der Waals surface area contributed by atoms with E-state index in [4.69, 9.17) is 34.8 Å². The van der Waals surface area contributed by atoms with Gasteiger partial charge in [0.2, 0.25) is 5.91 Å². The Morgan fingerprint density at radius 2 is 1.74 bits per heavy atom. The molecule has 0 aliphatic carbocycles. The Balaban J connectivity index is 1.61. The van der Waals surface area contributed by atoms with E-state index in [2.05, 4.69) is 10.0 Å². The van der Waals surface area contributed by atoms with Gasteiger partial charge in [-0.1, -0.05) is 59.1 Å². The van der Waals surface area contributed by atoms with Crippen molar-refractivity contribution in [2.75, 3.05) is 12.4 Å². The van der Waals surface area contributed by atoms with Crippen molar-refractivity contribution in [2.45, 2.75) is 18.5 Å². The van der Waals surface area contributed by atoms with E-state index < -0.39 is 34.0 Å². The van der Waals surface area contributed by atoms with E-state index in [1.165, 1.54) is 19.2 Å². The lowest BCUT2D eigenvalue weighted by Crippen LogP contribution is -2.55. The third kappa shape index (κ3) is 5.22. The van der Waals surface area contributed by atoms with Crippen LogP contribution in [0.4, 0.5) is 10.1 Å². The van der Waals surface area contributed by atoms with Crippen LogP contribution in [-0.2, 0) is 15.0 Å². The molecule has 1 aliphatic heterocycles. The fraction of sp³-hybridized carbons (Fsp3) is 0.174. The zero-order valence-electron chi connectivity index (χ0n) is 17.7. The van der Waals surface area contributed by atoms with Crippen LogP contribution in [0.3, 0.4) is 0 Å². The Morgan fingerprint density at radius 1 is 1.00 bits per heavy atom. The average Bonchev–Trinajstić information content (AvgIpc) is 2.79. The van der Waals surface area contributed by atoms with Crippen molar-refractivity contribution in [2.24, 2.45) is 0 Å². The minimum atomic E-state index is -3.95. The van der Waals surface area contributed by atoms with Crippen molar-refractivity contribution in [3.8, 4) is 11.1 Å². The Hall–Kier alpha value is -2.20. The topological polar surface area (TPSA) is 78.5 Å². The van der Waals surface area contributed by atoms with Crippen LogP contribution in [-0.4, -0.2) is 31.7 Å². The summed E-state index contributed by atoms with van der Waals surface area (Å²) >= 11 is 17.9. The highest BCUT2D eigenvalue weighted by Gasteiger charge is 2.40. The number of carbonyl (C=O) groups excluding carboxylic acids is 1. The molecule has 11 heteroatoms. The van der Waals surface area contributed by atoms with Crippen LogP contribution in [0.5, 0.6) is 0 Å². The highest BCUT2D eigenvalue weighted by atomic mass is 35.5. The van der Waals surface area contributed by atoms with Crippen LogP contribution in [0.15, 0.2) is 60.7 Å². The first-order valence-corrected chi connectivity index (χ1v) is 12.7. The van der Waals surface area contributed by atoms with Crippen LogP contribution < -0.4 is 10.0 Å². The molecule has 1 fully saturated rings. The molecule has 2 N–H and O–H groups in total. The molecule has 2 atom stereocenters. The predicted molar refractivity (Wildman–Crippen MR) is 133 cm³/mol. The summed E-state index contributed by atoms with van der Waals surface area (Å²) in [5.41, 5.74) is 2.58. The number of rotatable bonds is 4. The second kappa shape index (κ2) is 9.81. The van der Waals surface area contributed by atoms with Gasteiger partial charge in [-0.05, 0) is 59.5 Å². The first-order chi connectivity index (χ1) is 16.0. The molecule has 0 radical (unpaired) electrons. The second-order valence-electron chi connectivity index (χ2n) is 7.82. The van der Waals surface area contributed by atoms with Crippen molar-refractivity contribution in [1.29, 1.82) is 0 Å². The van der Waals surface area contributed by atoms with E-state index in [9.17, 15) is 17.6 Å². The van der Waals surface area contributed by atoms with E-state index in [1.54, 1.807) is 24.3 Å². The number of benzene rings is 3. The summed E-state index contributed by atoms with van der Waals surface area (Å²) in [5, 5.41) is 3.30. The summed E-state index contributed by atoms with van der Waals surface area (Å²) in [6, 6.07) is 14.6. The Kier molecular flexibility index (Phi) is 7.19. The van der Waals surface area contributed by atoms with Crippen molar-refractivity contribution in [3.05, 3.63) is 87.1 Å². The summed E-state index contributed by atoms with van der Waals surface area (Å²) in [4.78, 5) is 13.0. The summed E-state index contributed by atoms with van der Waals surface area (Å²) < 4.78 is 42.6. The molecule has 4 rings (SSSR count). The number of nitrogens with one attached hydrogen (secondary N) is 2. The lowest BCUT2D eigenvalue weighted by molar-refractivity contribution is -0.120. The van der Waals surface area contributed by atoms with Gasteiger partial charge in [-0.2, -0.15) is 17.4 Å². The summed E-state index contributed by atoms with van der Waals surface area (Å²) in [7, 11) is -2.63. The quantitative estimate of drug-likeness (QED) is 0.446. The van der Waals surface area contributed by atoms with Gasteiger partial charge in [-0.15, -0.1) is 0 Å². The van der Waals surface area contributed by atoms with Crippen LogP contribution >= 0.6 is 34.8 Å². The minimum absolute atomic E-state index is 0.152. The maximum atomic E-state index is 13.4. The second-order valence-corrected chi connectivity index (χ2v) is 10.8. The molecule has 0 spiro atoms. The molecule has 0 saturated carbocycles. The molecule has 1 amide bonds. The molecular weight excluding hydrogens is 524 g/mol. The summed E-state index contributed by atoms with van der Waals surface area (Å²) in [5.74, 6) is -1.18. The van der Waals surface area contributed by atoms with E-state index in [1.807, 2.05) is 18.2 Å². The van der Waals surface area contributed by atoms with Gasteiger partial charge in [0.1, 0.15) is 11.9 Å². The summed E-state index contributed by atoms with van der Waals surface area (Å²) in [6.45, 7) is 0. The van der Waals surface area contributed by atoms with Gasteiger partial charge in [-0.25, -0.2) is 4.39 Å². The van der Waals surface area contributed by atoms with Gasteiger partial charge in [0.05, 0.1) is 15.1 Å². The van der Waals surface area contributed by atoms with Gasteiger partial charge in [0.25, 0.3) is 10.2 Å². The Bertz CT molecular complexity index is 1370. The monoisotopic (exact) mass is 541 g/mol. The minimum Gasteiger partial charge on any atom is -0.325 e. The van der Waals surface area contributed by atoms with Gasteiger partial charge in [0, 0.05) is 18.8 Å². The standard InChI is InChI=1S/C23H19Cl3FN3O3S/c1-30-22(23(31)28-16-6-8-20(27)19(26)11-16)12-21(29-34(30,32)33)15-4-2-3-13(9-15)14-5-7-17(24)18(25)10-14/h2-11,21-22,29H,12H2,1H3,(H,28,31). The number of nitrogens with zero attached hydrogens (tertiary/aromatic N) is 1. The number of carbonyl (C=O) groups is 1. The molecule has 1 aliphatic rings. The SMILES string of the molecule is CN1C(C(=O)Nc2ccc(F)c(Cl)c2)CC(c2cccc(-c3ccc(Cl)c(Cl)c3)c2)NS1(=O)=O. The molecule has 1 heterocycles. The highest BCUT2D eigenvalue weighted by molar-refractivity contribution is 7.87. The third-order valence-corrected chi connectivity index (χ3v) is 8.22. The Labute approximate surface area is 211 Å². The number of halogens is 4. The predicted octanol–water partition coefficient (Wildman–Crippen LogP) is 5.67. The van der Waals surface area contributed by atoms with Gasteiger partial charge >= 0.3 is 0 Å². The molecule has 1 saturated heterocycles. The van der Waals surface area contributed by atoms with Crippen LogP contribution in [0.1, 0.15) is 18.0 Å². The summed E-state index contributed by atoms with van der Waals surface area (Å²) in [6.07, 6.45) is 0.168. The normalized spacial score (nSPS) is 20.1. The molecule has 0 aromatic heterocycles. The van der Waals surface area contributed by atoms with Crippen molar-refractivity contribution < 1.29 is 17.6 Å². The van der Waals surface area contributed by atoms with Crippen molar-refractivity contribution >= 4 is 56.6 Å². The largest absolute Gasteiger partial charge is 0.325 e. The molecular formula is C23H19Cl3FN3O3S. The fourth-order valence-corrected chi connectivity index (χ4v) is 5.49. The van der Waals surface area contributed by atoms with Crippen molar-refractivity contribution in [1.82, 2.24) is 9.03 Å². The molecule has 178 valence electrons. The first-order valence-electron chi connectivity index (χ1n) is 10.1. The van der Waals surface area contributed by atoms with Gasteiger partial charge in [-0.3, -0.25) is 4.79 Å². The fourth-order valence-electron chi connectivity index (χ4n) is 3.74. The average molecular weight is 543 g/mol. The van der Waals surface area contributed by atoms with Crippen molar-refractivity contribution in [3.63, 3.8) is 0 Å². The van der Waals surface area contributed by atoms with E-state index in [0.29, 0.717) is 15.6 Å². The molecule has 34 heavy (non-hydrogen) atoms. The molecule has 0 bridgehead atoms. The molecule has 6 nitrogen and oxygen atoms in total. The number of likely N-dealkylation sites (N-methyl/N-ethyl adjacent to an activating group) is 1. The number of hydrogen-bond acceptors (Lipinski definition) is 3. The maximum Gasteiger partial charge on any atom is 0.280 e. The van der Waals surface area contributed by atoms with Crippen LogP contribution in [0, 0.1) is 5.82 Å². The number of amides is 1. The third-order valence-electron chi connectivity index (χ3n) is 5.60. The van der Waals surface area contributed by atoms with E-state index in [-0.39, 0.29) is 17.1 Å². The van der Waals surface area contributed by atoms with Gasteiger partial charge < -0.3 is 5.32 Å². The van der Waals surface area contributed by atoms with Gasteiger partial charge in [0.15, 0.2) is 0 Å². The zero-order valence-corrected chi connectivity index (χ0v) is 20.8. The Morgan fingerprint density at radius 3 is 2.44 bits per heavy atom. The highest BCUT2D eigenvalue weighted by Crippen LogP contribution is 2.33. The first kappa shape index (κ1) is 24.9. The molecule has 3 aromatic rings. The molecule has 2 unspecified atom stereocenters. The maximum absolute atomic E-state index is 13.4. The van der Waals surface area contributed by atoms with Crippen LogP contribution in [0.25, 0.3) is 11.1 Å². The smallest absolute Gasteiger partial charge is 0.280 e. The lowest BCUT2D eigenvalue weighted by atomic mass is 9.95. The van der Waals surface area contributed by atoms with Crippen LogP contribution in [0.2, 0.25) is 15.1 Å². The number of hydrogen-bond donors (Lipinski definition) is 2. The number of anilines is 1. The molecule has 3 aromatic carbocycles. The lowest BCUT2D eigenvalue weighted by Gasteiger charge is -2.36. The van der Waals surface area contributed by atoms with E-state index in [0.717, 1.165) is 21.5 Å². The zero-order chi connectivity index (χ0) is 24.6.